The van der Waals surface area contributed by atoms with Crippen molar-refractivity contribution < 1.29 is 14.3 Å². The number of hydrogen-bond donors (Lipinski definition) is 2. The van der Waals surface area contributed by atoms with Crippen molar-refractivity contribution in [3.05, 3.63) is 35.9 Å². The van der Waals surface area contributed by atoms with E-state index in [9.17, 15) is 9.59 Å². The van der Waals surface area contributed by atoms with Gasteiger partial charge in [0.1, 0.15) is 0 Å². The van der Waals surface area contributed by atoms with Crippen molar-refractivity contribution in [3.8, 4) is 0 Å². The maximum Gasteiger partial charge on any atom is 0.314 e. The van der Waals surface area contributed by atoms with Gasteiger partial charge in [0, 0.05) is 13.1 Å². The first-order valence-electron chi connectivity index (χ1n) is 8.79. The summed E-state index contributed by atoms with van der Waals surface area (Å²) in [5.74, 6) is -0.279. The molecule has 5 nitrogen and oxygen atoms in total. The highest BCUT2D eigenvalue weighted by Crippen LogP contribution is 2.43. The fourth-order valence-electron chi connectivity index (χ4n) is 4.23. The Morgan fingerprint density at radius 1 is 1.33 bits per heavy atom. The summed E-state index contributed by atoms with van der Waals surface area (Å²) in [6.07, 6.45) is 4.35. The zero-order valence-electron chi connectivity index (χ0n) is 14.2. The van der Waals surface area contributed by atoms with E-state index in [2.05, 4.69) is 10.6 Å². The number of benzene rings is 1. The smallest absolute Gasteiger partial charge is 0.314 e. The first-order valence-corrected chi connectivity index (χ1v) is 8.79. The third-order valence-electron chi connectivity index (χ3n) is 5.64. The van der Waals surface area contributed by atoms with E-state index in [1.54, 1.807) is 0 Å². The van der Waals surface area contributed by atoms with E-state index in [-0.39, 0.29) is 23.8 Å². The summed E-state index contributed by atoms with van der Waals surface area (Å²) in [6.45, 7) is 1.95. The van der Waals surface area contributed by atoms with Crippen molar-refractivity contribution in [2.24, 2.45) is 11.3 Å². The Morgan fingerprint density at radius 3 is 2.88 bits per heavy atom. The van der Waals surface area contributed by atoms with Crippen LogP contribution in [0.1, 0.15) is 37.2 Å². The molecule has 1 heterocycles. The standard InChI is InChI=1S/C19H26N2O3/c1-24-17(22)16(14-7-3-2-4-8-14)12-21-18(23)19-10-6-5-9-15(19)11-20-13-19/h2-4,7-8,15-16,20H,5-6,9-13H2,1H3,(H,21,23)/t15-,16?,19+/m0/s1. The summed E-state index contributed by atoms with van der Waals surface area (Å²) in [6, 6.07) is 9.49. The third kappa shape index (κ3) is 3.18. The van der Waals surface area contributed by atoms with Crippen LogP contribution in [-0.4, -0.2) is 38.6 Å². The number of amides is 1. The van der Waals surface area contributed by atoms with Gasteiger partial charge in [-0.15, -0.1) is 0 Å². The molecule has 2 N–H and O–H groups in total. The van der Waals surface area contributed by atoms with E-state index in [1.165, 1.54) is 13.5 Å². The Labute approximate surface area is 143 Å². The predicted octanol–water partition coefficient (Wildman–Crippen LogP) is 1.84. The monoisotopic (exact) mass is 330 g/mol. The fraction of sp³-hybridized carbons (Fsp3) is 0.579. The lowest BCUT2D eigenvalue weighted by molar-refractivity contribution is -0.142. The lowest BCUT2D eigenvalue weighted by Crippen LogP contribution is -2.49. The molecule has 1 saturated carbocycles. The Morgan fingerprint density at radius 2 is 2.12 bits per heavy atom. The molecule has 1 aliphatic heterocycles. The highest BCUT2D eigenvalue weighted by atomic mass is 16.5. The second-order valence-corrected chi connectivity index (χ2v) is 6.93. The van der Waals surface area contributed by atoms with Crippen LogP contribution in [-0.2, 0) is 14.3 Å². The largest absolute Gasteiger partial charge is 0.468 e. The number of ether oxygens (including phenoxy) is 1. The number of rotatable bonds is 5. The number of carbonyl (C=O) groups excluding carboxylic acids is 2. The number of esters is 1. The molecule has 2 aliphatic rings. The minimum atomic E-state index is -0.465. The molecule has 1 unspecified atom stereocenters. The number of methoxy groups -OCH3 is 1. The van der Waals surface area contributed by atoms with Gasteiger partial charge in [-0.25, -0.2) is 0 Å². The van der Waals surface area contributed by atoms with Gasteiger partial charge in [-0.05, 0) is 30.9 Å². The number of fused-ring (bicyclic) bond motifs is 1. The minimum Gasteiger partial charge on any atom is -0.468 e. The van der Waals surface area contributed by atoms with E-state index >= 15 is 0 Å². The molecular weight excluding hydrogens is 304 g/mol. The molecule has 0 radical (unpaired) electrons. The molecular formula is C19H26N2O3. The number of carbonyl (C=O) groups is 2. The van der Waals surface area contributed by atoms with Gasteiger partial charge < -0.3 is 15.4 Å². The topological polar surface area (TPSA) is 67.4 Å². The summed E-state index contributed by atoms with van der Waals surface area (Å²) in [5.41, 5.74) is 0.571. The quantitative estimate of drug-likeness (QED) is 0.809. The van der Waals surface area contributed by atoms with Crippen molar-refractivity contribution in [1.29, 1.82) is 0 Å². The summed E-state index contributed by atoms with van der Waals surface area (Å²) in [5, 5.41) is 6.44. The average molecular weight is 330 g/mol. The number of nitrogens with one attached hydrogen (secondary N) is 2. The Kier molecular flexibility index (Phi) is 5.19. The summed E-state index contributed by atoms with van der Waals surface area (Å²) in [4.78, 5) is 25.1. The van der Waals surface area contributed by atoms with Gasteiger partial charge in [0.25, 0.3) is 0 Å². The van der Waals surface area contributed by atoms with Crippen molar-refractivity contribution in [2.45, 2.75) is 31.6 Å². The van der Waals surface area contributed by atoms with Crippen LogP contribution < -0.4 is 10.6 Å². The molecule has 1 aromatic rings. The summed E-state index contributed by atoms with van der Waals surface area (Å²) < 4.78 is 4.93. The average Bonchev–Trinajstić information content (AvgIpc) is 3.07. The van der Waals surface area contributed by atoms with Crippen LogP contribution in [0.2, 0.25) is 0 Å². The van der Waals surface area contributed by atoms with Crippen molar-refractivity contribution in [2.75, 3.05) is 26.7 Å². The number of hydrogen-bond acceptors (Lipinski definition) is 4. The van der Waals surface area contributed by atoms with Gasteiger partial charge in [-0.3, -0.25) is 9.59 Å². The zero-order chi connectivity index (χ0) is 17.0. The Bertz CT molecular complexity index is 590. The van der Waals surface area contributed by atoms with E-state index < -0.39 is 5.92 Å². The highest BCUT2D eigenvalue weighted by molar-refractivity contribution is 5.85. The molecule has 24 heavy (non-hydrogen) atoms. The molecule has 2 fully saturated rings. The zero-order valence-corrected chi connectivity index (χ0v) is 14.2. The lowest BCUT2D eigenvalue weighted by atomic mass is 9.67. The summed E-state index contributed by atoms with van der Waals surface area (Å²) >= 11 is 0. The second kappa shape index (κ2) is 7.34. The van der Waals surface area contributed by atoms with Crippen LogP contribution in [0.15, 0.2) is 30.3 Å². The van der Waals surface area contributed by atoms with Gasteiger partial charge in [-0.2, -0.15) is 0 Å². The minimum absolute atomic E-state index is 0.0852. The van der Waals surface area contributed by atoms with Crippen molar-refractivity contribution in [3.63, 3.8) is 0 Å². The second-order valence-electron chi connectivity index (χ2n) is 6.93. The maximum absolute atomic E-state index is 12.9. The van der Waals surface area contributed by atoms with E-state index in [1.807, 2.05) is 30.3 Å². The van der Waals surface area contributed by atoms with Crippen molar-refractivity contribution >= 4 is 11.9 Å². The van der Waals surface area contributed by atoms with E-state index in [0.717, 1.165) is 37.9 Å². The highest BCUT2D eigenvalue weighted by Gasteiger charge is 2.49. The van der Waals surface area contributed by atoms with Gasteiger partial charge >= 0.3 is 5.97 Å². The van der Waals surface area contributed by atoms with Gasteiger partial charge in [0.15, 0.2) is 0 Å². The van der Waals surface area contributed by atoms with Crippen LogP contribution >= 0.6 is 0 Å². The Hall–Kier alpha value is -1.88. The van der Waals surface area contributed by atoms with E-state index in [0.29, 0.717) is 5.92 Å². The predicted molar refractivity (Wildman–Crippen MR) is 91.5 cm³/mol. The fourth-order valence-corrected chi connectivity index (χ4v) is 4.23. The van der Waals surface area contributed by atoms with Crippen LogP contribution in [0.3, 0.4) is 0 Å². The van der Waals surface area contributed by atoms with Gasteiger partial charge in [0.05, 0.1) is 18.4 Å². The molecule has 1 aromatic carbocycles. The van der Waals surface area contributed by atoms with Gasteiger partial charge in [-0.1, -0.05) is 43.2 Å². The molecule has 130 valence electrons. The molecule has 1 aliphatic carbocycles. The van der Waals surface area contributed by atoms with E-state index in [4.69, 9.17) is 4.74 Å². The lowest BCUT2D eigenvalue weighted by Gasteiger charge is -2.37. The van der Waals surface area contributed by atoms with Crippen LogP contribution in [0.5, 0.6) is 0 Å². The van der Waals surface area contributed by atoms with Crippen LogP contribution in [0.4, 0.5) is 0 Å². The van der Waals surface area contributed by atoms with Crippen molar-refractivity contribution in [1.82, 2.24) is 10.6 Å². The maximum atomic E-state index is 12.9. The first-order chi connectivity index (χ1) is 11.7. The molecule has 1 amide bonds. The van der Waals surface area contributed by atoms with Crippen LogP contribution in [0.25, 0.3) is 0 Å². The normalized spacial score (nSPS) is 27.1. The van der Waals surface area contributed by atoms with Gasteiger partial charge in [0.2, 0.25) is 5.91 Å². The first kappa shape index (κ1) is 17.0. The molecule has 0 aromatic heterocycles. The van der Waals surface area contributed by atoms with Crippen LogP contribution in [0, 0.1) is 11.3 Å². The SMILES string of the molecule is COC(=O)C(CNC(=O)[C@@]12CCCC[C@H]1CNC2)c1ccccc1. The Balaban J connectivity index is 1.70. The molecule has 3 atom stereocenters. The molecule has 5 heteroatoms. The molecule has 1 saturated heterocycles. The molecule has 0 spiro atoms. The third-order valence-corrected chi connectivity index (χ3v) is 5.64. The molecule has 0 bridgehead atoms. The molecule has 3 rings (SSSR count). The summed E-state index contributed by atoms with van der Waals surface area (Å²) in [7, 11) is 1.39.